The first-order chi connectivity index (χ1) is 9.04. The number of methoxy groups -OCH3 is 1. The average Bonchev–Trinajstić information content (AvgIpc) is 2.91. The quantitative estimate of drug-likeness (QED) is 0.855. The second kappa shape index (κ2) is 5.67. The van der Waals surface area contributed by atoms with Gasteiger partial charge in [0.1, 0.15) is 0 Å². The van der Waals surface area contributed by atoms with Crippen LogP contribution in [-0.2, 0) is 11.2 Å². The molecule has 0 bridgehead atoms. The number of Topliss-reactive ketones (excluding diaryl/α,β-unsaturated/α-hetero) is 1. The first kappa shape index (κ1) is 14.0. The summed E-state index contributed by atoms with van der Waals surface area (Å²) in [6, 6.07) is 0. The maximum absolute atomic E-state index is 11.6. The van der Waals surface area contributed by atoms with Crippen molar-refractivity contribution in [2.24, 2.45) is 0 Å². The molecule has 5 heteroatoms. The van der Waals surface area contributed by atoms with Gasteiger partial charge in [0.05, 0.1) is 23.0 Å². The summed E-state index contributed by atoms with van der Waals surface area (Å²) in [4.78, 5) is 19.5. The Bertz CT molecular complexity index is 599. The van der Waals surface area contributed by atoms with Gasteiger partial charge in [0.25, 0.3) is 0 Å². The Hall–Kier alpha value is -1.46. The van der Waals surface area contributed by atoms with E-state index in [1.165, 1.54) is 0 Å². The molecule has 2 aromatic rings. The van der Waals surface area contributed by atoms with Gasteiger partial charge in [-0.15, -0.1) is 11.3 Å². The number of ketones is 1. The molecule has 1 N–H and O–H groups in total. The van der Waals surface area contributed by atoms with E-state index in [0.717, 1.165) is 39.6 Å². The molecule has 0 fully saturated rings. The van der Waals surface area contributed by atoms with Crippen LogP contribution in [0.4, 0.5) is 0 Å². The minimum absolute atomic E-state index is 0.0901. The second-order valence-electron chi connectivity index (χ2n) is 4.55. The standard InChI is InChI=1S/C14H18N2O2S/c1-8-13(10(3)17)9(2)15-14(8)11-7-19-12(16-11)5-6-18-4/h7,15H,5-6H2,1-4H3. The summed E-state index contributed by atoms with van der Waals surface area (Å²) >= 11 is 1.62. The lowest BCUT2D eigenvalue weighted by Gasteiger charge is -1.97. The fourth-order valence-electron chi connectivity index (χ4n) is 2.26. The highest BCUT2D eigenvalue weighted by Gasteiger charge is 2.17. The molecule has 2 aromatic heterocycles. The van der Waals surface area contributed by atoms with Crippen molar-refractivity contribution in [2.45, 2.75) is 27.2 Å². The van der Waals surface area contributed by atoms with Crippen molar-refractivity contribution in [3.8, 4) is 11.4 Å². The van der Waals surface area contributed by atoms with Crippen LogP contribution in [-0.4, -0.2) is 29.5 Å². The molecular formula is C14H18N2O2S. The Morgan fingerprint density at radius 2 is 2.21 bits per heavy atom. The fourth-order valence-corrected chi connectivity index (χ4v) is 3.03. The number of hydrogen-bond acceptors (Lipinski definition) is 4. The zero-order valence-electron chi connectivity index (χ0n) is 11.7. The molecule has 0 saturated carbocycles. The number of aromatic nitrogens is 2. The van der Waals surface area contributed by atoms with Gasteiger partial charge in [-0.1, -0.05) is 0 Å². The van der Waals surface area contributed by atoms with Crippen molar-refractivity contribution in [3.05, 3.63) is 27.2 Å². The van der Waals surface area contributed by atoms with Crippen molar-refractivity contribution in [2.75, 3.05) is 13.7 Å². The summed E-state index contributed by atoms with van der Waals surface area (Å²) < 4.78 is 5.05. The number of aryl methyl sites for hydroxylation is 1. The van der Waals surface area contributed by atoms with E-state index in [2.05, 4.69) is 9.97 Å². The maximum Gasteiger partial charge on any atom is 0.161 e. The van der Waals surface area contributed by atoms with Crippen molar-refractivity contribution < 1.29 is 9.53 Å². The molecule has 0 aliphatic rings. The molecule has 0 atom stereocenters. The molecule has 0 radical (unpaired) electrons. The molecule has 0 saturated heterocycles. The Kier molecular flexibility index (Phi) is 4.17. The van der Waals surface area contributed by atoms with Crippen molar-refractivity contribution >= 4 is 17.1 Å². The fraction of sp³-hybridized carbons (Fsp3) is 0.429. The lowest BCUT2D eigenvalue weighted by atomic mass is 10.1. The van der Waals surface area contributed by atoms with E-state index in [9.17, 15) is 4.79 Å². The van der Waals surface area contributed by atoms with Crippen LogP contribution in [0.5, 0.6) is 0 Å². The summed E-state index contributed by atoms with van der Waals surface area (Å²) in [7, 11) is 1.69. The topological polar surface area (TPSA) is 55.0 Å². The third kappa shape index (κ3) is 2.77. The molecular weight excluding hydrogens is 260 g/mol. The second-order valence-corrected chi connectivity index (χ2v) is 5.49. The first-order valence-electron chi connectivity index (χ1n) is 6.18. The number of rotatable bonds is 5. The van der Waals surface area contributed by atoms with Crippen LogP contribution in [0.25, 0.3) is 11.4 Å². The number of carbonyl (C=O) groups excluding carboxylic acids is 1. The largest absolute Gasteiger partial charge is 0.384 e. The molecule has 0 aliphatic heterocycles. The number of nitrogens with zero attached hydrogens (tertiary/aromatic N) is 1. The number of carbonyl (C=O) groups is 1. The molecule has 102 valence electrons. The van der Waals surface area contributed by atoms with E-state index in [0.29, 0.717) is 6.61 Å². The summed E-state index contributed by atoms with van der Waals surface area (Å²) in [5.74, 6) is 0.0901. The number of aromatic amines is 1. The van der Waals surface area contributed by atoms with Gasteiger partial charge in [-0.2, -0.15) is 0 Å². The van der Waals surface area contributed by atoms with Crippen LogP contribution in [0.3, 0.4) is 0 Å². The first-order valence-corrected chi connectivity index (χ1v) is 7.06. The van der Waals surface area contributed by atoms with Crippen LogP contribution in [0.2, 0.25) is 0 Å². The third-order valence-electron chi connectivity index (χ3n) is 3.12. The number of ether oxygens (including phenoxy) is 1. The highest BCUT2D eigenvalue weighted by molar-refractivity contribution is 7.09. The van der Waals surface area contributed by atoms with Gasteiger partial charge in [-0.25, -0.2) is 4.98 Å². The van der Waals surface area contributed by atoms with Gasteiger partial charge in [0.15, 0.2) is 5.78 Å². The van der Waals surface area contributed by atoms with Crippen LogP contribution < -0.4 is 0 Å². The summed E-state index contributed by atoms with van der Waals surface area (Å²) in [6.07, 6.45) is 0.819. The van der Waals surface area contributed by atoms with Crippen molar-refractivity contribution in [3.63, 3.8) is 0 Å². The Balaban J connectivity index is 2.34. The van der Waals surface area contributed by atoms with Gasteiger partial charge in [-0.05, 0) is 26.3 Å². The highest BCUT2D eigenvalue weighted by atomic mass is 32.1. The van der Waals surface area contributed by atoms with Crippen LogP contribution >= 0.6 is 11.3 Å². The van der Waals surface area contributed by atoms with E-state index in [1.807, 2.05) is 19.2 Å². The predicted molar refractivity (Wildman–Crippen MR) is 77.0 cm³/mol. The van der Waals surface area contributed by atoms with Gasteiger partial charge < -0.3 is 9.72 Å². The summed E-state index contributed by atoms with van der Waals surface area (Å²) in [6.45, 7) is 6.15. The van der Waals surface area contributed by atoms with Crippen molar-refractivity contribution in [1.82, 2.24) is 9.97 Å². The third-order valence-corrected chi connectivity index (χ3v) is 4.03. The average molecular weight is 278 g/mol. The zero-order valence-corrected chi connectivity index (χ0v) is 12.5. The van der Waals surface area contributed by atoms with Gasteiger partial charge >= 0.3 is 0 Å². The minimum Gasteiger partial charge on any atom is -0.384 e. The van der Waals surface area contributed by atoms with Crippen LogP contribution in [0, 0.1) is 13.8 Å². The normalized spacial score (nSPS) is 10.9. The van der Waals surface area contributed by atoms with E-state index in [4.69, 9.17) is 4.74 Å². The van der Waals surface area contributed by atoms with E-state index >= 15 is 0 Å². The van der Waals surface area contributed by atoms with E-state index in [-0.39, 0.29) is 5.78 Å². The lowest BCUT2D eigenvalue weighted by Crippen LogP contribution is -1.95. The molecule has 0 aliphatic carbocycles. The van der Waals surface area contributed by atoms with Crippen LogP contribution in [0.15, 0.2) is 5.38 Å². The molecule has 0 spiro atoms. The molecule has 0 amide bonds. The molecule has 0 unspecified atom stereocenters. The number of nitrogens with one attached hydrogen (secondary N) is 1. The monoisotopic (exact) mass is 278 g/mol. The van der Waals surface area contributed by atoms with Gasteiger partial charge in [0, 0.05) is 30.2 Å². The highest BCUT2D eigenvalue weighted by Crippen LogP contribution is 2.28. The molecule has 4 nitrogen and oxygen atoms in total. The van der Waals surface area contributed by atoms with Crippen molar-refractivity contribution in [1.29, 1.82) is 0 Å². The number of thiazole rings is 1. The lowest BCUT2D eigenvalue weighted by molar-refractivity contribution is 0.101. The molecule has 0 aromatic carbocycles. The smallest absolute Gasteiger partial charge is 0.161 e. The summed E-state index contributed by atoms with van der Waals surface area (Å²) in [5, 5.41) is 3.07. The Morgan fingerprint density at radius 1 is 1.47 bits per heavy atom. The molecule has 2 rings (SSSR count). The van der Waals surface area contributed by atoms with E-state index < -0.39 is 0 Å². The number of H-pyrrole nitrogens is 1. The zero-order chi connectivity index (χ0) is 14.0. The SMILES string of the molecule is COCCc1nc(-c2[nH]c(C)c(C(C)=O)c2C)cs1. The van der Waals surface area contributed by atoms with Gasteiger partial charge in [-0.3, -0.25) is 4.79 Å². The van der Waals surface area contributed by atoms with E-state index in [1.54, 1.807) is 25.4 Å². The Morgan fingerprint density at radius 3 is 2.79 bits per heavy atom. The van der Waals surface area contributed by atoms with Gasteiger partial charge in [0.2, 0.25) is 0 Å². The summed E-state index contributed by atoms with van der Waals surface area (Å²) in [5.41, 5.74) is 4.52. The predicted octanol–water partition coefficient (Wildman–Crippen LogP) is 3.15. The maximum atomic E-state index is 11.6. The molecule has 19 heavy (non-hydrogen) atoms. The Labute approximate surface area is 116 Å². The number of hydrogen-bond donors (Lipinski definition) is 1. The minimum atomic E-state index is 0.0901. The van der Waals surface area contributed by atoms with Crippen LogP contribution in [0.1, 0.15) is 33.5 Å². The molecule has 2 heterocycles.